The quantitative estimate of drug-likeness (QED) is 0.866. The van der Waals surface area contributed by atoms with Gasteiger partial charge < -0.3 is 14.5 Å². The Morgan fingerprint density at radius 1 is 1.32 bits per heavy atom. The van der Waals surface area contributed by atoms with Crippen LogP contribution in [0.5, 0.6) is 5.75 Å². The van der Waals surface area contributed by atoms with Crippen LogP contribution in [0.3, 0.4) is 0 Å². The molecule has 0 aliphatic heterocycles. The Labute approximate surface area is 111 Å². The molecule has 2 aromatic rings. The minimum atomic E-state index is -0.300. The zero-order valence-corrected chi connectivity index (χ0v) is 10.6. The van der Waals surface area contributed by atoms with Gasteiger partial charge in [-0.3, -0.25) is 0 Å². The molecule has 1 aliphatic carbocycles. The van der Waals surface area contributed by atoms with Crippen molar-refractivity contribution in [1.29, 1.82) is 0 Å². The van der Waals surface area contributed by atoms with Crippen LogP contribution in [-0.4, -0.2) is 6.04 Å². The molecule has 1 aliphatic rings. The summed E-state index contributed by atoms with van der Waals surface area (Å²) in [5, 5.41) is 3.42. The third-order valence-corrected chi connectivity index (χ3v) is 3.06. The average Bonchev–Trinajstić information content (AvgIpc) is 3.13. The fourth-order valence-corrected chi connectivity index (χ4v) is 1.86. The van der Waals surface area contributed by atoms with E-state index in [0.717, 1.165) is 17.9 Å². The Bertz CT molecular complexity index is 549. The van der Waals surface area contributed by atoms with Crippen molar-refractivity contribution >= 4 is 0 Å². The lowest BCUT2D eigenvalue weighted by molar-refractivity contribution is 0.269. The van der Waals surface area contributed by atoms with Gasteiger partial charge in [0.2, 0.25) is 0 Å². The number of hydrogen-bond acceptors (Lipinski definition) is 3. The third kappa shape index (κ3) is 3.58. The van der Waals surface area contributed by atoms with Gasteiger partial charge in [0.15, 0.2) is 0 Å². The topological polar surface area (TPSA) is 34.4 Å². The summed E-state index contributed by atoms with van der Waals surface area (Å²) in [6.45, 7) is 1.14. The summed E-state index contributed by atoms with van der Waals surface area (Å²) < 4.78 is 23.8. The van der Waals surface area contributed by atoms with Crippen molar-refractivity contribution in [2.45, 2.75) is 32.0 Å². The summed E-state index contributed by atoms with van der Waals surface area (Å²) in [5.74, 6) is 0.956. The molecule has 0 atom stereocenters. The lowest BCUT2D eigenvalue weighted by Crippen LogP contribution is -2.14. The molecule has 1 heterocycles. The minimum Gasteiger partial charge on any atom is -0.486 e. The van der Waals surface area contributed by atoms with Crippen LogP contribution in [0.2, 0.25) is 0 Å². The van der Waals surface area contributed by atoms with E-state index in [1.807, 2.05) is 6.07 Å². The molecule has 0 unspecified atom stereocenters. The van der Waals surface area contributed by atoms with Gasteiger partial charge in [0.1, 0.15) is 23.9 Å². The second-order valence-electron chi connectivity index (χ2n) is 4.82. The first kappa shape index (κ1) is 12.2. The van der Waals surface area contributed by atoms with Crippen LogP contribution in [0.15, 0.2) is 41.0 Å². The summed E-state index contributed by atoms with van der Waals surface area (Å²) >= 11 is 0. The number of hydrogen-bond donors (Lipinski definition) is 1. The summed E-state index contributed by atoms with van der Waals surface area (Å²) in [6, 6.07) is 8.75. The number of ether oxygens (including phenoxy) is 1. The molecular formula is C15H16FNO2. The predicted octanol–water partition coefficient (Wildman–Crippen LogP) is 3.25. The molecule has 1 aromatic heterocycles. The maximum absolute atomic E-state index is 13.0. The summed E-state index contributed by atoms with van der Waals surface area (Å²) in [7, 11) is 0. The molecule has 19 heavy (non-hydrogen) atoms. The van der Waals surface area contributed by atoms with Crippen molar-refractivity contribution in [1.82, 2.24) is 5.32 Å². The monoisotopic (exact) mass is 261 g/mol. The SMILES string of the molecule is Fc1cccc(OCc2cc(CNC3CC3)co2)c1. The van der Waals surface area contributed by atoms with Crippen molar-refractivity contribution in [3.05, 3.63) is 53.7 Å². The first-order valence-electron chi connectivity index (χ1n) is 6.47. The first-order valence-corrected chi connectivity index (χ1v) is 6.47. The van der Waals surface area contributed by atoms with Crippen LogP contribution in [0, 0.1) is 5.82 Å². The fourth-order valence-electron chi connectivity index (χ4n) is 1.86. The molecule has 0 amide bonds. The highest BCUT2D eigenvalue weighted by molar-refractivity contribution is 5.23. The highest BCUT2D eigenvalue weighted by Gasteiger charge is 2.20. The fraction of sp³-hybridized carbons (Fsp3) is 0.333. The highest BCUT2D eigenvalue weighted by Crippen LogP contribution is 2.20. The van der Waals surface area contributed by atoms with Crippen molar-refractivity contribution in [2.24, 2.45) is 0 Å². The van der Waals surface area contributed by atoms with Gasteiger partial charge in [-0.2, -0.15) is 0 Å². The zero-order valence-electron chi connectivity index (χ0n) is 10.6. The van der Waals surface area contributed by atoms with E-state index in [0.29, 0.717) is 18.4 Å². The van der Waals surface area contributed by atoms with Crippen LogP contribution in [0.25, 0.3) is 0 Å². The molecule has 100 valence electrons. The second-order valence-corrected chi connectivity index (χ2v) is 4.82. The van der Waals surface area contributed by atoms with E-state index in [9.17, 15) is 4.39 Å². The Kier molecular flexibility index (Phi) is 3.51. The molecule has 1 N–H and O–H groups in total. The summed E-state index contributed by atoms with van der Waals surface area (Å²) in [5.41, 5.74) is 1.12. The van der Waals surface area contributed by atoms with E-state index in [-0.39, 0.29) is 5.82 Å². The van der Waals surface area contributed by atoms with Gasteiger partial charge in [-0.15, -0.1) is 0 Å². The van der Waals surface area contributed by atoms with Gasteiger partial charge >= 0.3 is 0 Å². The molecule has 3 rings (SSSR count). The van der Waals surface area contributed by atoms with Crippen LogP contribution in [0.1, 0.15) is 24.2 Å². The van der Waals surface area contributed by atoms with Crippen molar-refractivity contribution in [3.8, 4) is 5.75 Å². The van der Waals surface area contributed by atoms with Gasteiger partial charge in [-0.05, 0) is 31.0 Å². The lowest BCUT2D eigenvalue weighted by atomic mass is 10.3. The van der Waals surface area contributed by atoms with E-state index in [1.54, 1.807) is 18.4 Å². The van der Waals surface area contributed by atoms with Crippen molar-refractivity contribution < 1.29 is 13.5 Å². The maximum Gasteiger partial charge on any atom is 0.146 e. The van der Waals surface area contributed by atoms with Crippen molar-refractivity contribution in [2.75, 3.05) is 0 Å². The smallest absolute Gasteiger partial charge is 0.146 e. The predicted molar refractivity (Wildman–Crippen MR) is 69.3 cm³/mol. The Hall–Kier alpha value is -1.81. The molecular weight excluding hydrogens is 245 g/mol. The largest absolute Gasteiger partial charge is 0.486 e. The maximum atomic E-state index is 13.0. The van der Waals surface area contributed by atoms with Crippen molar-refractivity contribution in [3.63, 3.8) is 0 Å². The van der Waals surface area contributed by atoms with Gasteiger partial charge in [0.05, 0.1) is 6.26 Å². The molecule has 1 saturated carbocycles. The van der Waals surface area contributed by atoms with Crippen LogP contribution >= 0.6 is 0 Å². The Morgan fingerprint density at radius 2 is 2.21 bits per heavy atom. The van der Waals surface area contributed by atoms with Gasteiger partial charge in [-0.25, -0.2) is 4.39 Å². The first-order chi connectivity index (χ1) is 9.29. The molecule has 3 nitrogen and oxygen atoms in total. The highest BCUT2D eigenvalue weighted by atomic mass is 19.1. The Morgan fingerprint density at radius 3 is 3.00 bits per heavy atom. The number of benzene rings is 1. The van der Waals surface area contributed by atoms with E-state index >= 15 is 0 Å². The second kappa shape index (κ2) is 5.45. The van der Waals surface area contributed by atoms with Gasteiger partial charge in [0, 0.05) is 24.2 Å². The van der Waals surface area contributed by atoms with E-state index in [1.165, 1.54) is 25.0 Å². The third-order valence-electron chi connectivity index (χ3n) is 3.06. The molecule has 0 radical (unpaired) electrons. The number of rotatable bonds is 6. The minimum absolute atomic E-state index is 0.300. The van der Waals surface area contributed by atoms with E-state index < -0.39 is 0 Å². The van der Waals surface area contributed by atoms with Gasteiger partial charge in [-0.1, -0.05) is 6.07 Å². The standard InChI is InChI=1S/C15H16FNO2/c16-12-2-1-3-14(7-12)19-10-15-6-11(9-18-15)8-17-13-4-5-13/h1-3,6-7,9,13,17H,4-5,8,10H2. The molecule has 1 fully saturated rings. The molecule has 1 aromatic carbocycles. The molecule has 4 heteroatoms. The average molecular weight is 261 g/mol. The molecule has 0 spiro atoms. The van der Waals surface area contributed by atoms with E-state index in [2.05, 4.69) is 5.32 Å². The van der Waals surface area contributed by atoms with Gasteiger partial charge in [0.25, 0.3) is 0 Å². The van der Waals surface area contributed by atoms with Crippen LogP contribution < -0.4 is 10.1 Å². The molecule has 0 saturated heterocycles. The number of halogens is 1. The normalized spacial score (nSPS) is 14.6. The number of nitrogens with one attached hydrogen (secondary N) is 1. The van der Waals surface area contributed by atoms with Crippen LogP contribution in [-0.2, 0) is 13.2 Å². The summed E-state index contributed by atoms with van der Waals surface area (Å²) in [4.78, 5) is 0. The molecule has 0 bridgehead atoms. The zero-order chi connectivity index (χ0) is 13.1. The summed E-state index contributed by atoms with van der Waals surface area (Å²) in [6.07, 6.45) is 4.28. The lowest BCUT2D eigenvalue weighted by Gasteiger charge is -2.03. The Balaban J connectivity index is 1.51. The van der Waals surface area contributed by atoms with E-state index in [4.69, 9.17) is 9.15 Å². The van der Waals surface area contributed by atoms with Crippen LogP contribution in [0.4, 0.5) is 4.39 Å². The number of furan rings is 1.